The van der Waals surface area contributed by atoms with Crippen molar-refractivity contribution >= 4 is 24.4 Å². The number of hydrogen-bond donors (Lipinski definition) is 2. The number of nitrogens with two attached hydrogens (primary N) is 1. The van der Waals surface area contributed by atoms with Crippen molar-refractivity contribution in [3.05, 3.63) is 23.8 Å². The van der Waals surface area contributed by atoms with E-state index in [1.54, 1.807) is 41.5 Å². The van der Waals surface area contributed by atoms with Gasteiger partial charge in [-0.3, -0.25) is 4.79 Å². The second kappa shape index (κ2) is 16.3. The molecule has 1 aromatic carbocycles. The van der Waals surface area contributed by atoms with E-state index >= 15 is 0 Å². The van der Waals surface area contributed by atoms with Crippen LogP contribution in [0.5, 0.6) is 11.5 Å². The highest BCUT2D eigenvalue weighted by molar-refractivity contribution is 5.75. The third-order valence-electron chi connectivity index (χ3n) is 7.65. The molecule has 0 aromatic heterocycles. The summed E-state index contributed by atoms with van der Waals surface area (Å²) in [5, 5.41) is 9.83. The maximum atomic E-state index is 12.7. The van der Waals surface area contributed by atoms with Crippen molar-refractivity contribution in [2.75, 3.05) is 0 Å². The van der Waals surface area contributed by atoms with Gasteiger partial charge in [-0.2, -0.15) is 0 Å². The van der Waals surface area contributed by atoms with Crippen LogP contribution >= 0.6 is 0 Å². The number of carboxylic acid groups (broad SMARTS) is 1. The number of carbonyl (C=O) groups is 4. The number of hydrogen-bond acceptors (Lipinski definition) is 11. The molecule has 1 aromatic rings. The maximum Gasteiger partial charge on any atom is 0.514 e. The first kappa shape index (κ1) is 37.5. The lowest BCUT2D eigenvalue weighted by atomic mass is 9.79. The number of aliphatic carboxylic acids is 1. The molecule has 0 heterocycles. The van der Waals surface area contributed by atoms with Crippen molar-refractivity contribution in [3.8, 4) is 11.5 Å². The zero-order valence-electron chi connectivity index (χ0n) is 27.2. The fourth-order valence-corrected chi connectivity index (χ4v) is 3.56. The van der Waals surface area contributed by atoms with Gasteiger partial charge < -0.3 is 39.3 Å². The Hall–Kier alpha value is -3.54. The standard InChI is InChI=1S/C31H49NO11/c1-12-31(10,11)43-30(37)40-21(9)18(6)25(26(32)27(33)34)22-13-14-23(41-28(35)38-19(7)16(2)3)24(15-22)42-29(36)39-20(8)17(4)5/h13-21,25-26H,12,32H2,1-11H3,(H,33,34)/t18?,19?,20?,21?,25?,26-/m0/s1. The average molecular weight is 612 g/mol. The Morgan fingerprint density at radius 1 is 0.767 bits per heavy atom. The quantitative estimate of drug-likeness (QED) is 0.130. The second-order valence-corrected chi connectivity index (χ2v) is 12.1. The Labute approximate surface area is 254 Å². The maximum absolute atomic E-state index is 12.7. The fourth-order valence-electron chi connectivity index (χ4n) is 3.56. The molecule has 6 atom stereocenters. The van der Waals surface area contributed by atoms with Crippen LogP contribution in [0.1, 0.15) is 94.1 Å². The molecule has 0 aliphatic carbocycles. The predicted molar refractivity (Wildman–Crippen MR) is 158 cm³/mol. The molecule has 0 saturated heterocycles. The van der Waals surface area contributed by atoms with Crippen molar-refractivity contribution < 1.29 is 52.7 Å². The van der Waals surface area contributed by atoms with Crippen LogP contribution in [0, 0.1) is 17.8 Å². The molecule has 0 spiro atoms. The molecule has 5 unspecified atom stereocenters. The topological polar surface area (TPSA) is 170 Å². The predicted octanol–water partition coefficient (Wildman–Crippen LogP) is 6.67. The van der Waals surface area contributed by atoms with E-state index in [1.165, 1.54) is 18.2 Å². The fraction of sp³-hybridized carbons (Fsp3) is 0.677. The lowest BCUT2D eigenvalue weighted by molar-refractivity contribution is -0.139. The van der Waals surface area contributed by atoms with E-state index in [2.05, 4.69) is 0 Å². The minimum atomic E-state index is -1.45. The Bertz CT molecular complexity index is 1100. The monoisotopic (exact) mass is 611 g/mol. The van der Waals surface area contributed by atoms with Crippen LogP contribution in [0.4, 0.5) is 14.4 Å². The highest BCUT2D eigenvalue weighted by atomic mass is 16.8. The van der Waals surface area contributed by atoms with Crippen molar-refractivity contribution in [2.24, 2.45) is 23.5 Å². The lowest BCUT2D eigenvalue weighted by Crippen LogP contribution is -2.43. The van der Waals surface area contributed by atoms with Crippen molar-refractivity contribution in [1.29, 1.82) is 0 Å². The van der Waals surface area contributed by atoms with Gasteiger partial charge in [0.25, 0.3) is 0 Å². The van der Waals surface area contributed by atoms with Gasteiger partial charge in [0.15, 0.2) is 11.5 Å². The molecule has 0 aliphatic heterocycles. The van der Waals surface area contributed by atoms with E-state index in [9.17, 15) is 24.3 Å². The zero-order valence-corrected chi connectivity index (χ0v) is 27.2. The molecule has 43 heavy (non-hydrogen) atoms. The summed E-state index contributed by atoms with van der Waals surface area (Å²) in [6.07, 6.45) is -4.21. The second-order valence-electron chi connectivity index (χ2n) is 12.1. The number of rotatable bonds is 14. The smallest absolute Gasteiger partial charge is 0.480 e. The number of benzene rings is 1. The van der Waals surface area contributed by atoms with Gasteiger partial charge in [0.05, 0.1) is 0 Å². The van der Waals surface area contributed by atoms with Gasteiger partial charge in [-0.1, -0.05) is 47.6 Å². The summed E-state index contributed by atoms with van der Waals surface area (Å²) in [5.41, 5.74) is 5.69. The molecule has 244 valence electrons. The minimum Gasteiger partial charge on any atom is -0.480 e. The summed E-state index contributed by atoms with van der Waals surface area (Å²) in [4.78, 5) is 49.7. The van der Waals surface area contributed by atoms with E-state index in [1.807, 2.05) is 34.6 Å². The van der Waals surface area contributed by atoms with Gasteiger partial charge in [0.1, 0.15) is 30.0 Å². The van der Waals surface area contributed by atoms with E-state index < -0.39 is 66.2 Å². The Kier molecular flexibility index (Phi) is 14.2. The van der Waals surface area contributed by atoms with Crippen LogP contribution in [-0.2, 0) is 23.7 Å². The molecule has 0 bridgehead atoms. The molecule has 0 amide bonds. The van der Waals surface area contributed by atoms with Gasteiger partial charge in [0, 0.05) is 11.8 Å². The van der Waals surface area contributed by atoms with Crippen LogP contribution in [-0.4, -0.2) is 59.5 Å². The first-order chi connectivity index (χ1) is 19.8. The molecule has 0 saturated carbocycles. The average Bonchev–Trinajstić information content (AvgIpc) is 2.89. The molecular weight excluding hydrogens is 562 g/mol. The van der Waals surface area contributed by atoms with Crippen LogP contribution in [0.2, 0.25) is 0 Å². The van der Waals surface area contributed by atoms with Crippen LogP contribution in [0.15, 0.2) is 18.2 Å². The number of carboxylic acids is 1. The SMILES string of the molecule is CCC(C)(C)OC(=O)OC(C)C(C)C(c1ccc(OC(=O)OC(C)C(C)C)c(OC(=O)OC(C)C(C)C)c1)[C@H](N)C(=O)O. The Morgan fingerprint density at radius 2 is 1.23 bits per heavy atom. The summed E-state index contributed by atoms with van der Waals surface area (Å²) >= 11 is 0. The van der Waals surface area contributed by atoms with E-state index in [4.69, 9.17) is 34.2 Å². The largest absolute Gasteiger partial charge is 0.514 e. The van der Waals surface area contributed by atoms with Gasteiger partial charge in [0.2, 0.25) is 0 Å². The highest BCUT2D eigenvalue weighted by Crippen LogP contribution is 2.37. The van der Waals surface area contributed by atoms with E-state index in [0.29, 0.717) is 12.0 Å². The summed E-state index contributed by atoms with van der Waals surface area (Å²) in [6.45, 7) is 19.5. The third kappa shape index (κ3) is 11.9. The molecule has 0 aliphatic rings. The third-order valence-corrected chi connectivity index (χ3v) is 7.65. The number of ether oxygens (including phenoxy) is 6. The van der Waals surface area contributed by atoms with Crippen LogP contribution < -0.4 is 15.2 Å². The summed E-state index contributed by atoms with van der Waals surface area (Å²) in [5.74, 6) is -3.28. The Morgan fingerprint density at radius 3 is 1.67 bits per heavy atom. The van der Waals surface area contributed by atoms with Crippen LogP contribution in [0.3, 0.4) is 0 Å². The molecule has 3 N–H and O–H groups in total. The first-order valence-corrected chi connectivity index (χ1v) is 14.6. The van der Waals surface area contributed by atoms with Crippen LogP contribution in [0.25, 0.3) is 0 Å². The first-order valence-electron chi connectivity index (χ1n) is 14.6. The van der Waals surface area contributed by atoms with Gasteiger partial charge in [-0.05, 0) is 70.6 Å². The van der Waals surface area contributed by atoms with Gasteiger partial charge >= 0.3 is 24.4 Å². The summed E-state index contributed by atoms with van der Waals surface area (Å²) in [6, 6.07) is 2.71. The van der Waals surface area contributed by atoms with Crippen molar-refractivity contribution in [1.82, 2.24) is 0 Å². The summed E-state index contributed by atoms with van der Waals surface area (Å²) < 4.78 is 32.2. The molecule has 12 nitrogen and oxygen atoms in total. The lowest BCUT2D eigenvalue weighted by Gasteiger charge is -2.32. The van der Waals surface area contributed by atoms with Crippen molar-refractivity contribution in [2.45, 2.75) is 118 Å². The van der Waals surface area contributed by atoms with Gasteiger partial charge in [-0.25, -0.2) is 14.4 Å². The number of carbonyl (C=O) groups excluding carboxylic acids is 3. The summed E-state index contributed by atoms with van der Waals surface area (Å²) in [7, 11) is 0. The molecule has 0 fully saturated rings. The zero-order chi connectivity index (χ0) is 33.2. The molecular formula is C31H49NO11. The molecule has 1 rings (SSSR count). The molecule has 0 radical (unpaired) electrons. The van der Waals surface area contributed by atoms with E-state index in [0.717, 1.165) is 0 Å². The molecule has 12 heteroatoms. The highest BCUT2D eigenvalue weighted by Gasteiger charge is 2.37. The van der Waals surface area contributed by atoms with Gasteiger partial charge in [-0.15, -0.1) is 0 Å². The minimum absolute atomic E-state index is 0.00280. The van der Waals surface area contributed by atoms with Crippen molar-refractivity contribution in [3.63, 3.8) is 0 Å². The normalized spacial score (nSPS) is 15.9. The van der Waals surface area contributed by atoms with E-state index in [-0.39, 0.29) is 23.3 Å². The Balaban J connectivity index is 3.48.